The third-order valence-corrected chi connectivity index (χ3v) is 3.97. The van der Waals surface area contributed by atoms with Crippen LogP contribution in [0.3, 0.4) is 0 Å². The smallest absolute Gasteiger partial charge is 0.385 e. The monoisotopic (exact) mass is 351 g/mol. The molecule has 0 bridgehead atoms. The average Bonchev–Trinajstić information content (AvgIpc) is 2.40. The lowest BCUT2D eigenvalue weighted by Gasteiger charge is -2.15. The van der Waals surface area contributed by atoms with E-state index in [9.17, 15) is 26.2 Å². The van der Waals surface area contributed by atoms with E-state index in [-0.39, 0.29) is 17.6 Å². The number of hydrogen-bond acceptors (Lipinski definition) is 3. The van der Waals surface area contributed by atoms with Gasteiger partial charge in [-0.05, 0) is 38.4 Å². The summed E-state index contributed by atoms with van der Waals surface area (Å²) < 4.78 is 77.0. The summed E-state index contributed by atoms with van der Waals surface area (Å²) in [6.45, 7) is 2.22. The second kappa shape index (κ2) is 11.1. The molecule has 22 heavy (non-hydrogen) atoms. The van der Waals surface area contributed by atoms with E-state index in [1.807, 2.05) is 0 Å². The van der Waals surface area contributed by atoms with Crippen molar-refractivity contribution in [1.29, 1.82) is 0 Å². The van der Waals surface area contributed by atoms with Crippen LogP contribution >= 0.6 is 0 Å². The number of nitrogens with one attached hydrogen (secondary N) is 1. The van der Waals surface area contributed by atoms with E-state index in [2.05, 4.69) is 5.32 Å². The van der Waals surface area contributed by atoms with Crippen molar-refractivity contribution in [3.05, 3.63) is 12.2 Å². The molecule has 1 unspecified atom stereocenters. The minimum absolute atomic E-state index is 0.234. The highest BCUT2D eigenvalue weighted by Gasteiger charge is 2.55. The van der Waals surface area contributed by atoms with Gasteiger partial charge >= 0.3 is 12.1 Å². The minimum atomic E-state index is -5.61. The van der Waals surface area contributed by atoms with Crippen LogP contribution in [-0.4, -0.2) is 54.6 Å². The maximum absolute atomic E-state index is 12.5. The average molecular weight is 351 g/mol. The van der Waals surface area contributed by atoms with Gasteiger partial charge in [0.15, 0.2) is 0 Å². The van der Waals surface area contributed by atoms with Crippen LogP contribution in [0.25, 0.3) is 0 Å². The Morgan fingerprint density at radius 2 is 1.73 bits per heavy atom. The molecule has 0 heterocycles. The van der Waals surface area contributed by atoms with E-state index in [4.69, 9.17) is 4.74 Å². The highest BCUT2D eigenvalue weighted by molar-refractivity contribution is 7.85. The molecule has 0 saturated heterocycles. The van der Waals surface area contributed by atoms with Crippen LogP contribution in [0.15, 0.2) is 12.2 Å². The first-order valence-electron chi connectivity index (χ1n) is 6.87. The molecule has 0 radical (unpaired) electrons. The second-order valence-electron chi connectivity index (χ2n) is 4.64. The number of methoxy groups -OCH3 is 1. The van der Waals surface area contributed by atoms with Crippen molar-refractivity contribution >= 4 is 10.8 Å². The lowest BCUT2D eigenvalue weighted by atomic mass is 10.3. The number of ether oxygens (including phenoxy) is 1. The van der Waals surface area contributed by atoms with Crippen LogP contribution in [0.1, 0.15) is 19.3 Å². The molecule has 3 nitrogen and oxygen atoms in total. The van der Waals surface area contributed by atoms with Crippen molar-refractivity contribution in [2.75, 3.05) is 38.3 Å². The first-order valence-corrected chi connectivity index (χ1v) is 8.36. The fraction of sp³-hybridized carbons (Fsp3) is 0.846. The molecule has 0 rings (SSSR count). The standard InChI is InChI=1S/C13H22F5NO2S/c1-21-9-5-8-19-7-2-3-10-22(20)11-4-6-12(14,15)13(16,17)18/h4,6,19H,2-3,5,7-11H2,1H3/b6-4+. The molecule has 0 fully saturated rings. The number of rotatable bonds is 12. The Balaban J connectivity index is 3.71. The van der Waals surface area contributed by atoms with E-state index in [1.54, 1.807) is 7.11 Å². The molecule has 1 atom stereocenters. The molecule has 0 aliphatic heterocycles. The van der Waals surface area contributed by atoms with Gasteiger partial charge in [-0.3, -0.25) is 4.21 Å². The zero-order valence-electron chi connectivity index (χ0n) is 12.4. The predicted molar refractivity (Wildman–Crippen MR) is 76.6 cm³/mol. The molecular weight excluding hydrogens is 329 g/mol. The van der Waals surface area contributed by atoms with Crippen LogP contribution in [0.2, 0.25) is 0 Å². The number of allylic oxidation sites excluding steroid dienone is 1. The first kappa shape index (κ1) is 21.5. The van der Waals surface area contributed by atoms with Gasteiger partial charge in [-0.25, -0.2) is 0 Å². The fourth-order valence-corrected chi connectivity index (χ4v) is 2.46. The van der Waals surface area contributed by atoms with Gasteiger partial charge in [0.2, 0.25) is 0 Å². The molecule has 132 valence electrons. The van der Waals surface area contributed by atoms with Crippen LogP contribution in [-0.2, 0) is 15.5 Å². The lowest BCUT2D eigenvalue weighted by molar-refractivity contribution is -0.259. The number of alkyl halides is 5. The second-order valence-corrected chi connectivity index (χ2v) is 6.26. The van der Waals surface area contributed by atoms with Gasteiger partial charge in [0.05, 0.1) is 0 Å². The van der Waals surface area contributed by atoms with Crippen molar-refractivity contribution in [3.8, 4) is 0 Å². The molecule has 0 aromatic heterocycles. The van der Waals surface area contributed by atoms with Gasteiger partial charge in [0.1, 0.15) is 0 Å². The molecular formula is C13H22F5NO2S. The molecule has 0 aromatic carbocycles. The molecule has 0 aliphatic rings. The van der Waals surface area contributed by atoms with Crippen LogP contribution in [0.5, 0.6) is 0 Å². The summed E-state index contributed by atoms with van der Waals surface area (Å²) in [5, 5.41) is 3.16. The van der Waals surface area contributed by atoms with Gasteiger partial charge in [-0.1, -0.05) is 6.08 Å². The number of halogens is 5. The number of unbranched alkanes of at least 4 members (excludes halogenated alkanes) is 1. The topological polar surface area (TPSA) is 38.3 Å². The van der Waals surface area contributed by atoms with Crippen molar-refractivity contribution in [3.63, 3.8) is 0 Å². The zero-order chi connectivity index (χ0) is 17.1. The Labute approximate surface area is 129 Å². The first-order chi connectivity index (χ1) is 10.2. The van der Waals surface area contributed by atoms with Gasteiger partial charge in [0.25, 0.3) is 0 Å². The number of hydrogen-bond donors (Lipinski definition) is 1. The maximum atomic E-state index is 12.5. The highest BCUT2D eigenvalue weighted by atomic mass is 32.2. The Bertz CT molecular complexity index is 348. The summed E-state index contributed by atoms with van der Waals surface area (Å²) >= 11 is 0. The third-order valence-electron chi connectivity index (χ3n) is 2.66. The summed E-state index contributed by atoms with van der Waals surface area (Å²) in [5.41, 5.74) is 0. The fourth-order valence-electron chi connectivity index (χ4n) is 1.46. The Morgan fingerprint density at radius 3 is 2.32 bits per heavy atom. The van der Waals surface area contributed by atoms with Crippen molar-refractivity contribution in [1.82, 2.24) is 5.32 Å². The van der Waals surface area contributed by atoms with Crippen LogP contribution in [0.4, 0.5) is 22.0 Å². The Morgan fingerprint density at radius 1 is 1.09 bits per heavy atom. The quantitative estimate of drug-likeness (QED) is 0.334. The van der Waals surface area contributed by atoms with Crippen molar-refractivity contribution in [2.24, 2.45) is 0 Å². The Kier molecular flexibility index (Phi) is 10.8. The van der Waals surface area contributed by atoms with E-state index in [1.165, 1.54) is 0 Å². The summed E-state index contributed by atoms with van der Waals surface area (Å²) in [6.07, 6.45) is -2.94. The summed E-state index contributed by atoms with van der Waals surface area (Å²) in [5.74, 6) is -4.89. The highest BCUT2D eigenvalue weighted by Crippen LogP contribution is 2.36. The third kappa shape index (κ3) is 10.2. The largest absolute Gasteiger partial charge is 0.457 e. The molecule has 9 heteroatoms. The summed E-state index contributed by atoms with van der Waals surface area (Å²) in [7, 11) is 0.192. The molecule has 0 aromatic rings. The molecule has 0 spiro atoms. The van der Waals surface area contributed by atoms with Gasteiger partial charge < -0.3 is 10.1 Å². The van der Waals surface area contributed by atoms with Crippen LogP contribution < -0.4 is 5.32 Å². The van der Waals surface area contributed by atoms with E-state index in [0.717, 1.165) is 25.9 Å². The minimum Gasteiger partial charge on any atom is -0.385 e. The maximum Gasteiger partial charge on any atom is 0.457 e. The molecule has 0 aliphatic carbocycles. The van der Waals surface area contributed by atoms with Crippen molar-refractivity contribution < 1.29 is 30.9 Å². The van der Waals surface area contributed by atoms with E-state index < -0.39 is 22.9 Å². The van der Waals surface area contributed by atoms with Crippen molar-refractivity contribution in [2.45, 2.75) is 31.4 Å². The van der Waals surface area contributed by atoms with Gasteiger partial charge in [-0.15, -0.1) is 0 Å². The lowest BCUT2D eigenvalue weighted by Crippen LogP contribution is -2.34. The normalized spacial score (nSPS) is 14.6. The Hall–Kier alpha value is -0.540. The molecule has 1 N–H and O–H groups in total. The van der Waals surface area contributed by atoms with Crippen LogP contribution in [0, 0.1) is 0 Å². The predicted octanol–water partition coefficient (Wildman–Crippen LogP) is 2.90. The van der Waals surface area contributed by atoms with Gasteiger partial charge in [-0.2, -0.15) is 22.0 Å². The van der Waals surface area contributed by atoms with E-state index >= 15 is 0 Å². The van der Waals surface area contributed by atoms with Gasteiger partial charge in [0, 0.05) is 36.0 Å². The van der Waals surface area contributed by atoms with E-state index in [0.29, 0.717) is 19.1 Å². The molecule has 0 amide bonds. The zero-order valence-corrected chi connectivity index (χ0v) is 13.2. The molecule has 0 saturated carbocycles. The SMILES string of the molecule is COCCCNCCCCS(=O)C/C=C/C(F)(F)C(F)(F)F. The summed E-state index contributed by atoms with van der Waals surface area (Å²) in [4.78, 5) is 0. The summed E-state index contributed by atoms with van der Waals surface area (Å²) in [6, 6.07) is 0.